The fourth-order valence-corrected chi connectivity index (χ4v) is 0.104. The number of nitrogens with two attached hydrogens (primary N) is 1. The lowest BCUT2D eigenvalue weighted by molar-refractivity contribution is -0.154. The summed E-state index contributed by atoms with van der Waals surface area (Å²) in [6.45, 7) is -1.05. The quantitative estimate of drug-likeness (QED) is 0.518. The topological polar surface area (TPSA) is 46.2 Å². The van der Waals surface area contributed by atoms with Crippen molar-refractivity contribution >= 4 is 0 Å². The summed E-state index contributed by atoms with van der Waals surface area (Å²) in [6.07, 6.45) is -4.46. The number of aliphatic hydroxyl groups is 1. The standard InChI is InChI=1S/C3H6F3NO/c4-3(5,6)2(7)1-8/h2,8H,1,7H2/t2-/m0/s1. The highest BCUT2D eigenvalue weighted by molar-refractivity contribution is 4.67. The van der Waals surface area contributed by atoms with Crippen LogP contribution < -0.4 is 5.73 Å². The van der Waals surface area contributed by atoms with Gasteiger partial charge in [0.1, 0.15) is 6.04 Å². The maximum atomic E-state index is 11.2. The molecule has 5 heteroatoms. The summed E-state index contributed by atoms with van der Waals surface area (Å²) < 4.78 is 33.5. The van der Waals surface area contributed by atoms with Crippen LogP contribution in [0.1, 0.15) is 0 Å². The zero-order chi connectivity index (χ0) is 6.78. The Hall–Kier alpha value is -0.290. The molecule has 0 aliphatic heterocycles. The summed E-state index contributed by atoms with van der Waals surface area (Å²) >= 11 is 0. The van der Waals surface area contributed by atoms with Crippen molar-refractivity contribution in [1.82, 2.24) is 0 Å². The van der Waals surface area contributed by atoms with Crippen LogP contribution in [0.2, 0.25) is 0 Å². The molecule has 0 aromatic rings. The van der Waals surface area contributed by atoms with E-state index in [0.717, 1.165) is 0 Å². The largest absolute Gasteiger partial charge is 0.405 e. The number of aliphatic hydroxyl groups excluding tert-OH is 1. The van der Waals surface area contributed by atoms with E-state index in [1.54, 1.807) is 0 Å². The van der Waals surface area contributed by atoms with Crippen LogP contribution in [0.25, 0.3) is 0 Å². The maximum absolute atomic E-state index is 11.2. The van der Waals surface area contributed by atoms with Gasteiger partial charge in [-0.2, -0.15) is 13.2 Å². The highest BCUT2D eigenvalue weighted by Gasteiger charge is 2.35. The first-order valence-electron chi connectivity index (χ1n) is 1.91. The lowest BCUT2D eigenvalue weighted by Gasteiger charge is -2.10. The highest BCUT2D eigenvalue weighted by Crippen LogP contribution is 2.17. The summed E-state index contributed by atoms with van der Waals surface area (Å²) in [5.74, 6) is 0. The van der Waals surface area contributed by atoms with Gasteiger partial charge in [0.25, 0.3) is 0 Å². The van der Waals surface area contributed by atoms with Gasteiger partial charge < -0.3 is 10.8 Å². The predicted octanol–water partition coefficient (Wildman–Crippen LogP) is -0.132. The van der Waals surface area contributed by atoms with Gasteiger partial charge in [-0.3, -0.25) is 0 Å². The summed E-state index contributed by atoms with van der Waals surface area (Å²) in [5.41, 5.74) is 4.38. The number of halogens is 3. The molecule has 0 fully saturated rings. The van der Waals surface area contributed by atoms with Crippen molar-refractivity contribution in [2.24, 2.45) is 5.73 Å². The van der Waals surface area contributed by atoms with E-state index >= 15 is 0 Å². The van der Waals surface area contributed by atoms with Crippen LogP contribution in [0.15, 0.2) is 0 Å². The van der Waals surface area contributed by atoms with Gasteiger partial charge in [-0.1, -0.05) is 0 Å². The molecular formula is C3H6F3NO. The second-order valence-electron chi connectivity index (χ2n) is 1.33. The first-order chi connectivity index (χ1) is 3.48. The molecule has 50 valence electrons. The Bertz CT molecular complexity index is 71.4. The number of alkyl halides is 3. The van der Waals surface area contributed by atoms with Crippen molar-refractivity contribution in [1.29, 1.82) is 0 Å². The third-order valence-electron chi connectivity index (χ3n) is 0.617. The highest BCUT2D eigenvalue weighted by atomic mass is 19.4. The molecule has 2 nitrogen and oxygen atoms in total. The molecule has 0 saturated carbocycles. The Morgan fingerprint density at radius 3 is 1.88 bits per heavy atom. The second-order valence-corrected chi connectivity index (χ2v) is 1.33. The van der Waals surface area contributed by atoms with Crippen LogP contribution in [-0.2, 0) is 0 Å². The van der Waals surface area contributed by atoms with E-state index in [1.165, 1.54) is 0 Å². The first kappa shape index (κ1) is 7.71. The second kappa shape index (κ2) is 2.32. The molecule has 0 unspecified atom stereocenters. The van der Waals surface area contributed by atoms with Crippen LogP contribution in [0, 0.1) is 0 Å². The molecule has 0 aliphatic carbocycles. The maximum Gasteiger partial charge on any atom is 0.405 e. The number of hydrogen-bond acceptors (Lipinski definition) is 2. The van der Waals surface area contributed by atoms with E-state index in [1.807, 2.05) is 0 Å². The fourth-order valence-electron chi connectivity index (χ4n) is 0.104. The minimum absolute atomic E-state index is 1.05. The Labute approximate surface area is 44.1 Å². The van der Waals surface area contributed by atoms with Crippen molar-refractivity contribution in [2.75, 3.05) is 6.61 Å². The van der Waals surface area contributed by atoms with Gasteiger partial charge in [-0.15, -0.1) is 0 Å². The minimum Gasteiger partial charge on any atom is -0.394 e. The minimum atomic E-state index is -4.46. The van der Waals surface area contributed by atoms with Gasteiger partial charge in [-0.25, -0.2) is 0 Å². The average Bonchev–Trinajstić information content (AvgIpc) is 1.62. The third-order valence-corrected chi connectivity index (χ3v) is 0.617. The van der Waals surface area contributed by atoms with Gasteiger partial charge in [0.05, 0.1) is 6.61 Å². The molecule has 8 heavy (non-hydrogen) atoms. The van der Waals surface area contributed by atoms with Crippen molar-refractivity contribution in [2.45, 2.75) is 12.2 Å². The Morgan fingerprint density at radius 1 is 1.50 bits per heavy atom. The molecule has 0 amide bonds. The SMILES string of the molecule is N[C@@H](CO)C(F)(F)F. The van der Waals surface area contributed by atoms with Crippen LogP contribution in [0.5, 0.6) is 0 Å². The monoisotopic (exact) mass is 129 g/mol. The first-order valence-corrected chi connectivity index (χ1v) is 1.91. The van der Waals surface area contributed by atoms with Crippen molar-refractivity contribution in [3.8, 4) is 0 Å². The zero-order valence-electron chi connectivity index (χ0n) is 3.94. The van der Waals surface area contributed by atoms with Crippen LogP contribution >= 0.6 is 0 Å². The predicted molar refractivity (Wildman–Crippen MR) is 21.1 cm³/mol. The lowest BCUT2D eigenvalue weighted by atomic mass is 10.3. The summed E-state index contributed by atoms with van der Waals surface area (Å²) in [4.78, 5) is 0. The molecule has 0 aromatic heterocycles. The molecule has 0 rings (SSSR count). The van der Waals surface area contributed by atoms with Crippen LogP contribution in [-0.4, -0.2) is 23.9 Å². The third kappa shape index (κ3) is 2.13. The van der Waals surface area contributed by atoms with Gasteiger partial charge in [0.15, 0.2) is 0 Å². The fraction of sp³-hybridized carbons (Fsp3) is 1.00. The normalized spacial score (nSPS) is 16.1. The average molecular weight is 129 g/mol. The van der Waals surface area contributed by atoms with E-state index in [0.29, 0.717) is 0 Å². The lowest BCUT2D eigenvalue weighted by Crippen LogP contribution is -2.40. The Kier molecular flexibility index (Phi) is 2.24. The molecule has 3 N–H and O–H groups in total. The molecule has 0 heterocycles. The summed E-state index contributed by atoms with van der Waals surface area (Å²) in [5, 5.41) is 7.83. The van der Waals surface area contributed by atoms with Crippen molar-refractivity contribution in [3.63, 3.8) is 0 Å². The molecule has 1 atom stereocenters. The van der Waals surface area contributed by atoms with Gasteiger partial charge >= 0.3 is 6.18 Å². The molecule has 0 aromatic carbocycles. The zero-order valence-corrected chi connectivity index (χ0v) is 3.94. The van der Waals surface area contributed by atoms with Crippen molar-refractivity contribution in [3.05, 3.63) is 0 Å². The smallest absolute Gasteiger partial charge is 0.394 e. The molecular weight excluding hydrogens is 123 g/mol. The Balaban J connectivity index is 3.62. The van der Waals surface area contributed by atoms with Gasteiger partial charge in [0.2, 0.25) is 0 Å². The molecule has 0 bridgehead atoms. The van der Waals surface area contributed by atoms with Crippen LogP contribution in [0.3, 0.4) is 0 Å². The molecule has 0 aliphatic rings. The summed E-state index contributed by atoms with van der Waals surface area (Å²) in [7, 11) is 0. The molecule has 0 spiro atoms. The molecule has 0 radical (unpaired) electrons. The van der Waals surface area contributed by atoms with Gasteiger partial charge in [-0.05, 0) is 0 Å². The number of hydrogen-bond donors (Lipinski definition) is 2. The van der Waals surface area contributed by atoms with E-state index in [2.05, 4.69) is 5.73 Å². The van der Waals surface area contributed by atoms with E-state index in [-0.39, 0.29) is 0 Å². The van der Waals surface area contributed by atoms with E-state index in [4.69, 9.17) is 5.11 Å². The van der Waals surface area contributed by atoms with E-state index < -0.39 is 18.8 Å². The van der Waals surface area contributed by atoms with Crippen LogP contribution in [0.4, 0.5) is 13.2 Å². The van der Waals surface area contributed by atoms with E-state index in [9.17, 15) is 13.2 Å². The van der Waals surface area contributed by atoms with Gasteiger partial charge in [0, 0.05) is 0 Å². The Morgan fingerprint density at radius 2 is 1.88 bits per heavy atom. The van der Waals surface area contributed by atoms with Crippen molar-refractivity contribution < 1.29 is 18.3 Å². The number of rotatable bonds is 1. The summed E-state index contributed by atoms with van der Waals surface area (Å²) in [6, 6.07) is -2.09. The molecule has 0 saturated heterocycles.